The van der Waals surface area contributed by atoms with Crippen LogP contribution in [-0.2, 0) is 0 Å². The zero-order valence-electron chi connectivity index (χ0n) is 13.6. The number of hydrogen-bond donors (Lipinski definition) is 3. The van der Waals surface area contributed by atoms with Crippen LogP contribution in [0.25, 0.3) is 10.4 Å². The van der Waals surface area contributed by atoms with E-state index < -0.39 is 43.6 Å². The summed E-state index contributed by atoms with van der Waals surface area (Å²) in [4.78, 5) is 14.3. The van der Waals surface area contributed by atoms with Crippen molar-refractivity contribution in [3.63, 3.8) is 0 Å². The molecular formula is C15H14F4N4O3S. The van der Waals surface area contributed by atoms with Crippen molar-refractivity contribution in [3.05, 3.63) is 17.3 Å². The number of aliphatic hydroxyl groups is 1. The number of nitrogens with zero attached hydrogens (tertiary/aromatic N) is 2. The second-order valence-corrected chi connectivity index (χ2v) is 7.37. The molecule has 1 amide bonds. The average molecular weight is 406 g/mol. The zero-order chi connectivity index (χ0) is 19.3. The molecule has 2 aliphatic heterocycles. The molecule has 4 heterocycles. The van der Waals surface area contributed by atoms with Crippen molar-refractivity contribution in [1.82, 2.24) is 15.5 Å². The second kappa shape index (κ2) is 6.37. The fourth-order valence-electron chi connectivity index (χ4n) is 3.24. The highest BCUT2D eigenvalue weighted by atomic mass is 32.1. The number of halogens is 4. The molecule has 0 unspecified atom stereocenters. The number of H-pyrrole nitrogens is 1. The lowest BCUT2D eigenvalue weighted by Crippen LogP contribution is -2.49. The van der Waals surface area contributed by atoms with E-state index in [4.69, 9.17) is 4.74 Å². The molecule has 27 heavy (non-hydrogen) atoms. The highest BCUT2D eigenvalue weighted by Crippen LogP contribution is 2.52. The molecule has 2 atom stereocenters. The minimum atomic E-state index is -3.52. The summed E-state index contributed by atoms with van der Waals surface area (Å²) in [7, 11) is 0. The number of aromatic nitrogens is 2. The SMILES string of the molecule is O=C1N[C@@H](C[C@@H](O)C(F)F)CN2CC(F)(F)Oc3c(-c4cn[nH]c4)sc1c32. The van der Waals surface area contributed by atoms with Gasteiger partial charge in [0.05, 0.1) is 11.1 Å². The van der Waals surface area contributed by atoms with E-state index in [1.54, 1.807) is 0 Å². The molecule has 0 aromatic carbocycles. The van der Waals surface area contributed by atoms with E-state index in [0.717, 1.165) is 11.3 Å². The van der Waals surface area contributed by atoms with Crippen molar-refractivity contribution >= 4 is 22.9 Å². The number of anilines is 1. The number of alkyl halides is 4. The molecule has 0 fully saturated rings. The quantitative estimate of drug-likeness (QED) is 0.677. The molecule has 0 saturated heterocycles. The number of rotatable bonds is 4. The van der Waals surface area contributed by atoms with Crippen LogP contribution in [0.1, 0.15) is 16.1 Å². The Morgan fingerprint density at radius 3 is 2.89 bits per heavy atom. The minimum Gasteiger partial charge on any atom is -0.427 e. The Kier molecular flexibility index (Phi) is 4.26. The van der Waals surface area contributed by atoms with Gasteiger partial charge in [-0.15, -0.1) is 11.3 Å². The molecule has 2 aromatic rings. The summed E-state index contributed by atoms with van der Waals surface area (Å²) in [5, 5.41) is 18.3. The van der Waals surface area contributed by atoms with Gasteiger partial charge in [0.25, 0.3) is 12.3 Å². The van der Waals surface area contributed by atoms with Crippen molar-refractivity contribution in [2.45, 2.75) is 31.1 Å². The molecule has 2 aliphatic rings. The van der Waals surface area contributed by atoms with Gasteiger partial charge in [-0.25, -0.2) is 8.78 Å². The van der Waals surface area contributed by atoms with Crippen molar-refractivity contribution in [2.75, 3.05) is 18.0 Å². The Morgan fingerprint density at radius 1 is 1.44 bits per heavy atom. The average Bonchev–Trinajstić information content (AvgIpc) is 3.17. The maximum absolute atomic E-state index is 14.2. The van der Waals surface area contributed by atoms with E-state index >= 15 is 0 Å². The van der Waals surface area contributed by atoms with Crippen LogP contribution in [0.3, 0.4) is 0 Å². The summed E-state index contributed by atoms with van der Waals surface area (Å²) in [6.07, 6.45) is -6.03. The lowest BCUT2D eigenvalue weighted by Gasteiger charge is -2.35. The largest absolute Gasteiger partial charge is 0.427 e. The fraction of sp³-hybridized carbons (Fsp3) is 0.467. The van der Waals surface area contributed by atoms with Gasteiger partial charge >= 0.3 is 6.11 Å². The second-order valence-electron chi connectivity index (χ2n) is 6.35. The van der Waals surface area contributed by atoms with E-state index in [1.807, 2.05) is 0 Å². The summed E-state index contributed by atoms with van der Waals surface area (Å²) in [6, 6.07) is -0.916. The molecule has 3 N–H and O–H groups in total. The lowest BCUT2D eigenvalue weighted by atomic mass is 10.1. The number of carbonyl (C=O) groups is 1. The zero-order valence-corrected chi connectivity index (χ0v) is 14.4. The number of aromatic amines is 1. The van der Waals surface area contributed by atoms with Gasteiger partial charge in [0.2, 0.25) is 0 Å². The highest BCUT2D eigenvalue weighted by Gasteiger charge is 2.47. The van der Waals surface area contributed by atoms with Crippen LogP contribution in [-0.4, -0.2) is 59.0 Å². The Morgan fingerprint density at radius 2 is 2.22 bits per heavy atom. The smallest absolute Gasteiger partial charge is 0.416 e. The Hall–Kier alpha value is -2.34. The molecule has 0 bridgehead atoms. The third kappa shape index (κ3) is 3.23. The van der Waals surface area contributed by atoms with Gasteiger partial charge in [-0.2, -0.15) is 13.9 Å². The monoisotopic (exact) mass is 406 g/mol. The molecule has 0 aliphatic carbocycles. The van der Waals surface area contributed by atoms with Crippen molar-refractivity contribution in [2.24, 2.45) is 0 Å². The van der Waals surface area contributed by atoms with Crippen LogP contribution in [0.5, 0.6) is 5.75 Å². The van der Waals surface area contributed by atoms with Gasteiger partial charge in [0, 0.05) is 30.8 Å². The first kappa shape index (κ1) is 18.0. The number of ether oxygens (including phenoxy) is 1. The van der Waals surface area contributed by atoms with Crippen LogP contribution in [0, 0.1) is 0 Å². The van der Waals surface area contributed by atoms with Crippen LogP contribution in [0.4, 0.5) is 23.2 Å². The van der Waals surface area contributed by atoms with Gasteiger partial charge in [0.1, 0.15) is 23.2 Å². The van der Waals surface area contributed by atoms with Gasteiger partial charge in [-0.3, -0.25) is 9.89 Å². The van der Waals surface area contributed by atoms with E-state index in [1.165, 1.54) is 17.3 Å². The first-order chi connectivity index (χ1) is 12.7. The number of thiophene rings is 1. The summed E-state index contributed by atoms with van der Waals surface area (Å²) >= 11 is 0.955. The van der Waals surface area contributed by atoms with Crippen molar-refractivity contribution < 1.29 is 32.2 Å². The van der Waals surface area contributed by atoms with E-state index in [-0.39, 0.29) is 22.9 Å². The molecule has 0 spiro atoms. The first-order valence-electron chi connectivity index (χ1n) is 8.00. The van der Waals surface area contributed by atoms with Crippen molar-refractivity contribution in [1.29, 1.82) is 0 Å². The predicted octanol–water partition coefficient (Wildman–Crippen LogP) is 2.06. The first-order valence-corrected chi connectivity index (χ1v) is 8.81. The maximum Gasteiger partial charge on any atom is 0.416 e. The standard InChI is InChI=1S/C15H14F4N4O3S/c16-13(17)8(24)1-7-4-23-5-15(18,19)26-10-9(23)12(14(25)22-7)27-11(10)6-2-20-21-3-6/h2-3,7-8,13,24H,1,4-5H2,(H,20,21)(H,22,25)/t7-,8+/m0/s1. The Labute approximate surface area is 153 Å². The number of aliphatic hydroxyl groups excluding tert-OH is 1. The lowest BCUT2D eigenvalue weighted by molar-refractivity contribution is -0.171. The predicted molar refractivity (Wildman–Crippen MR) is 87.6 cm³/mol. The highest BCUT2D eigenvalue weighted by molar-refractivity contribution is 7.18. The van der Waals surface area contributed by atoms with E-state index in [9.17, 15) is 27.5 Å². The summed E-state index contributed by atoms with van der Waals surface area (Å²) in [5.41, 5.74) is 0.687. The molecule has 4 rings (SSSR count). The summed E-state index contributed by atoms with van der Waals surface area (Å²) in [5.74, 6) is -0.730. The Balaban J connectivity index is 1.75. The van der Waals surface area contributed by atoms with E-state index in [2.05, 4.69) is 15.5 Å². The van der Waals surface area contributed by atoms with Gasteiger partial charge in [0.15, 0.2) is 5.75 Å². The Bertz CT molecular complexity index is 858. The number of carbonyl (C=O) groups excluding carboxylic acids is 1. The normalized spacial score (nSPS) is 22.1. The van der Waals surface area contributed by atoms with Crippen LogP contribution < -0.4 is 15.0 Å². The number of nitrogens with one attached hydrogen (secondary N) is 2. The summed E-state index contributed by atoms with van der Waals surface area (Å²) < 4.78 is 58.5. The van der Waals surface area contributed by atoms with Crippen LogP contribution in [0.15, 0.2) is 12.4 Å². The van der Waals surface area contributed by atoms with Gasteiger partial charge in [-0.05, 0) is 0 Å². The van der Waals surface area contributed by atoms with Crippen LogP contribution >= 0.6 is 11.3 Å². The van der Waals surface area contributed by atoms with Crippen LogP contribution in [0.2, 0.25) is 0 Å². The third-order valence-corrected chi connectivity index (χ3v) is 5.55. The molecule has 12 heteroatoms. The molecular weight excluding hydrogens is 392 g/mol. The van der Waals surface area contributed by atoms with Crippen molar-refractivity contribution in [3.8, 4) is 16.2 Å². The number of amides is 1. The topological polar surface area (TPSA) is 90.5 Å². The molecule has 146 valence electrons. The third-order valence-electron chi connectivity index (χ3n) is 4.34. The van der Waals surface area contributed by atoms with Gasteiger partial charge in [-0.1, -0.05) is 0 Å². The molecule has 0 saturated carbocycles. The minimum absolute atomic E-state index is 0.141. The molecule has 2 aromatic heterocycles. The van der Waals surface area contributed by atoms with E-state index in [0.29, 0.717) is 10.4 Å². The molecule has 0 radical (unpaired) electrons. The van der Waals surface area contributed by atoms with Gasteiger partial charge < -0.3 is 20.1 Å². The molecule has 7 nitrogen and oxygen atoms in total. The maximum atomic E-state index is 14.2. The number of hydrogen-bond acceptors (Lipinski definition) is 6. The summed E-state index contributed by atoms with van der Waals surface area (Å²) in [6.45, 7) is -0.985. The fourth-order valence-corrected chi connectivity index (χ4v) is 4.37.